The van der Waals surface area contributed by atoms with Gasteiger partial charge in [-0.1, -0.05) is 6.92 Å². The van der Waals surface area contributed by atoms with Crippen molar-refractivity contribution in [2.24, 2.45) is 4.99 Å². The van der Waals surface area contributed by atoms with Crippen LogP contribution in [0.1, 0.15) is 37.1 Å². The van der Waals surface area contributed by atoms with Crippen molar-refractivity contribution in [3.05, 3.63) is 46.7 Å². The summed E-state index contributed by atoms with van der Waals surface area (Å²) < 4.78 is 125. The van der Waals surface area contributed by atoms with Crippen LogP contribution in [-0.4, -0.2) is 16.2 Å². The SMILES string of the molecule is CCCn1c(OCC)cc(C(F)(F)F)nc1=Nc1ccc(C(F)(F)F)cc1C(F)(F)F. The van der Waals surface area contributed by atoms with Crippen LogP contribution in [0.15, 0.2) is 29.3 Å². The summed E-state index contributed by atoms with van der Waals surface area (Å²) in [5, 5.41) is 0. The van der Waals surface area contributed by atoms with Crippen LogP contribution in [0.4, 0.5) is 45.2 Å². The molecule has 0 amide bonds. The third kappa shape index (κ3) is 5.91. The number of rotatable bonds is 5. The van der Waals surface area contributed by atoms with E-state index in [2.05, 4.69) is 9.98 Å². The van der Waals surface area contributed by atoms with Gasteiger partial charge in [-0.15, -0.1) is 0 Å². The largest absolute Gasteiger partial charge is 0.479 e. The van der Waals surface area contributed by atoms with E-state index >= 15 is 0 Å². The van der Waals surface area contributed by atoms with Crippen molar-refractivity contribution >= 4 is 5.69 Å². The molecule has 0 aliphatic carbocycles. The number of benzene rings is 1. The van der Waals surface area contributed by atoms with Crippen LogP contribution in [0, 0.1) is 0 Å². The average Bonchev–Trinajstić information content (AvgIpc) is 2.62. The number of hydrogen-bond donors (Lipinski definition) is 0. The van der Waals surface area contributed by atoms with Crippen molar-refractivity contribution in [1.82, 2.24) is 9.55 Å². The van der Waals surface area contributed by atoms with Gasteiger partial charge >= 0.3 is 18.5 Å². The highest BCUT2D eigenvalue weighted by Crippen LogP contribution is 2.40. The number of alkyl halides is 9. The van der Waals surface area contributed by atoms with Crippen LogP contribution in [0.5, 0.6) is 5.88 Å². The molecule has 0 saturated heterocycles. The maximum atomic E-state index is 13.4. The van der Waals surface area contributed by atoms with Crippen LogP contribution in [0.3, 0.4) is 0 Å². The first-order valence-corrected chi connectivity index (χ1v) is 8.83. The topological polar surface area (TPSA) is 39.4 Å². The summed E-state index contributed by atoms with van der Waals surface area (Å²) in [4.78, 5) is 6.85. The van der Waals surface area contributed by atoms with E-state index in [1.807, 2.05) is 0 Å². The maximum absolute atomic E-state index is 13.4. The Morgan fingerprint density at radius 1 is 0.903 bits per heavy atom. The zero-order chi connectivity index (χ0) is 23.6. The molecule has 0 saturated carbocycles. The summed E-state index contributed by atoms with van der Waals surface area (Å²) in [5.41, 5.74) is -6.61. The van der Waals surface area contributed by atoms with E-state index in [-0.39, 0.29) is 25.1 Å². The number of ether oxygens (including phenoxy) is 1. The van der Waals surface area contributed by atoms with Crippen molar-refractivity contribution in [3.8, 4) is 5.88 Å². The Morgan fingerprint density at radius 3 is 2.03 bits per heavy atom. The summed E-state index contributed by atoms with van der Waals surface area (Å²) in [6.45, 7) is 3.06. The predicted octanol–water partition coefficient (Wildman–Crippen LogP) is 5.98. The van der Waals surface area contributed by atoms with Crippen molar-refractivity contribution in [2.45, 2.75) is 45.3 Å². The average molecular weight is 461 g/mol. The van der Waals surface area contributed by atoms with Crippen LogP contribution >= 0.6 is 0 Å². The van der Waals surface area contributed by atoms with Gasteiger partial charge in [-0.2, -0.15) is 39.5 Å². The Kier molecular flexibility index (Phi) is 6.96. The molecule has 0 spiro atoms. The molecule has 0 fully saturated rings. The number of halogens is 9. The zero-order valence-electron chi connectivity index (χ0n) is 16.1. The standard InChI is InChI=1S/C18H16F9N3O/c1-3-7-30-14(31-4-2)9-13(18(25,26)27)29-15(30)28-12-6-5-10(16(19,20)21)8-11(12)17(22,23)24/h5-6,8-9H,3-4,7H2,1-2H3. The highest BCUT2D eigenvalue weighted by atomic mass is 19.4. The fourth-order valence-electron chi connectivity index (χ4n) is 2.57. The van der Waals surface area contributed by atoms with Crippen LogP contribution < -0.4 is 10.4 Å². The third-order valence-electron chi connectivity index (χ3n) is 3.87. The van der Waals surface area contributed by atoms with E-state index in [0.29, 0.717) is 24.6 Å². The molecule has 0 aliphatic heterocycles. The number of nitrogens with zero attached hydrogens (tertiary/aromatic N) is 3. The summed E-state index contributed by atoms with van der Waals surface area (Å²) in [5.74, 6) is -0.342. The van der Waals surface area contributed by atoms with Gasteiger partial charge in [0.25, 0.3) is 0 Å². The molecule has 0 N–H and O–H groups in total. The van der Waals surface area contributed by atoms with Crippen molar-refractivity contribution in [3.63, 3.8) is 0 Å². The Labute approximate surface area is 170 Å². The Bertz CT molecular complexity index is 989. The van der Waals surface area contributed by atoms with Crippen LogP contribution in [0.2, 0.25) is 0 Å². The monoisotopic (exact) mass is 461 g/mol. The van der Waals surface area contributed by atoms with Gasteiger partial charge in [-0.3, -0.25) is 4.57 Å². The minimum atomic E-state index is -5.25. The van der Waals surface area contributed by atoms with E-state index in [1.54, 1.807) is 6.92 Å². The molecule has 0 radical (unpaired) electrons. The lowest BCUT2D eigenvalue weighted by Gasteiger charge is -2.17. The summed E-state index contributed by atoms with van der Waals surface area (Å²) in [7, 11) is 0. The van der Waals surface area contributed by atoms with Crippen molar-refractivity contribution < 1.29 is 44.3 Å². The van der Waals surface area contributed by atoms with E-state index in [4.69, 9.17) is 4.74 Å². The highest BCUT2D eigenvalue weighted by Gasteiger charge is 2.38. The molecule has 2 rings (SSSR count). The van der Waals surface area contributed by atoms with Gasteiger partial charge in [0.2, 0.25) is 5.62 Å². The lowest BCUT2D eigenvalue weighted by atomic mass is 10.1. The molecule has 0 unspecified atom stereocenters. The summed E-state index contributed by atoms with van der Waals surface area (Å²) in [6.07, 6.45) is -14.9. The molecule has 0 atom stereocenters. The van der Waals surface area contributed by atoms with Gasteiger partial charge in [0.1, 0.15) is 0 Å². The minimum absolute atomic E-state index is 0.0126. The number of hydrogen-bond acceptors (Lipinski definition) is 3. The van der Waals surface area contributed by atoms with E-state index in [0.717, 1.165) is 4.57 Å². The first kappa shape index (κ1) is 24.5. The fourth-order valence-corrected chi connectivity index (χ4v) is 2.57. The quantitative estimate of drug-likeness (QED) is 0.514. The second-order valence-electron chi connectivity index (χ2n) is 6.20. The zero-order valence-corrected chi connectivity index (χ0v) is 16.1. The van der Waals surface area contributed by atoms with Crippen LogP contribution in [-0.2, 0) is 25.1 Å². The van der Waals surface area contributed by atoms with E-state index < -0.39 is 46.7 Å². The van der Waals surface area contributed by atoms with Gasteiger partial charge in [0, 0.05) is 12.6 Å². The van der Waals surface area contributed by atoms with E-state index in [9.17, 15) is 39.5 Å². The number of aromatic nitrogens is 2. The van der Waals surface area contributed by atoms with Crippen molar-refractivity contribution in [1.29, 1.82) is 0 Å². The Morgan fingerprint density at radius 2 is 1.55 bits per heavy atom. The van der Waals surface area contributed by atoms with Gasteiger partial charge in [0.05, 0.1) is 23.4 Å². The molecule has 1 aromatic heterocycles. The fraction of sp³-hybridized carbons (Fsp3) is 0.444. The smallest absolute Gasteiger partial charge is 0.433 e. The van der Waals surface area contributed by atoms with Crippen molar-refractivity contribution in [2.75, 3.05) is 6.61 Å². The second kappa shape index (κ2) is 8.79. The molecule has 172 valence electrons. The molecular weight excluding hydrogens is 445 g/mol. The molecular formula is C18H16F9N3O. The van der Waals surface area contributed by atoms with Crippen LogP contribution in [0.25, 0.3) is 0 Å². The normalized spacial score (nSPS) is 13.6. The lowest BCUT2D eigenvalue weighted by molar-refractivity contribution is -0.143. The molecule has 2 aromatic rings. The third-order valence-corrected chi connectivity index (χ3v) is 3.87. The molecule has 0 bridgehead atoms. The first-order valence-electron chi connectivity index (χ1n) is 8.83. The molecule has 4 nitrogen and oxygen atoms in total. The predicted molar refractivity (Wildman–Crippen MR) is 90.4 cm³/mol. The second-order valence-corrected chi connectivity index (χ2v) is 6.20. The molecule has 31 heavy (non-hydrogen) atoms. The Hall–Kier alpha value is -2.73. The molecule has 1 heterocycles. The van der Waals surface area contributed by atoms with Gasteiger partial charge in [-0.25, -0.2) is 9.98 Å². The lowest BCUT2D eigenvalue weighted by Crippen LogP contribution is -2.29. The van der Waals surface area contributed by atoms with Gasteiger partial charge in [0.15, 0.2) is 11.6 Å². The summed E-state index contributed by atoms with van der Waals surface area (Å²) >= 11 is 0. The van der Waals surface area contributed by atoms with Gasteiger partial charge in [-0.05, 0) is 31.5 Å². The maximum Gasteiger partial charge on any atom is 0.433 e. The summed E-state index contributed by atoms with van der Waals surface area (Å²) in [6, 6.07) is 1.22. The first-order chi connectivity index (χ1) is 14.2. The molecule has 13 heteroatoms. The molecule has 0 aliphatic rings. The Balaban J connectivity index is 2.88. The highest BCUT2D eigenvalue weighted by molar-refractivity contribution is 5.50. The molecule has 1 aromatic carbocycles. The minimum Gasteiger partial charge on any atom is -0.479 e. The van der Waals surface area contributed by atoms with E-state index in [1.165, 1.54) is 6.92 Å². The van der Waals surface area contributed by atoms with Gasteiger partial charge < -0.3 is 4.74 Å².